The van der Waals surface area contributed by atoms with Gasteiger partial charge in [0.1, 0.15) is 5.75 Å². The zero-order valence-corrected chi connectivity index (χ0v) is 14.9. The SMILES string of the molecule is COc1ccc(NC(=O)CSCC(=O)c2ccc(Br)cc2)cc1. The first-order chi connectivity index (χ1) is 11.1. The second-order valence-corrected chi connectivity index (χ2v) is 6.60. The Hall–Kier alpha value is -1.79. The number of carbonyl (C=O) groups excluding carboxylic acids is 2. The highest BCUT2D eigenvalue weighted by molar-refractivity contribution is 9.10. The normalized spacial score (nSPS) is 10.2. The van der Waals surface area contributed by atoms with Gasteiger partial charge < -0.3 is 10.1 Å². The molecular weight excluding hydrogens is 378 g/mol. The lowest BCUT2D eigenvalue weighted by molar-refractivity contribution is -0.113. The predicted molar refractivity (Wildman–Crippen MR) is 97.4 cm³/mol. The van der Waals surface area contributed by atoms with E-state index in [4.69, 9.17) is 4.74 Å². The third kappa shape index (κ3) is 5.73. The fourth-order valence-electron chi connectivity index (χ4n) is 1.83. The number of hydrogen-bond donors (Lipinski definition) is 1. The zero-order valence-electron chi connectivity index (χ0n) is 12.5. The summed E-state index contributed by atoms with van der Waals surface area (Å²) in [6.45, 7) is 0. The molecule has 2 aromatic carbocycles. The van der Waals surface area contributed by atoms with Crippen LogP contribution in [0.5, 0.6) is 5.75 Å². The highest BCUT2D eigenvalue weighted by Gasteiger charge is 2.08. The third-order valence-electron chi connectivity index (χ3n) is 3.01. The fraction of sp³-hybridized carbons (Fsp3) is 0.176. The second kappa shape index (κ2) is 8.74. The lowest BCUT2D eigenvalue weighted by Gasteiger charge is -2.06. The van der Waals surface area contributed by atoms with E-state index in [1.165, 1.54) is 11.8 Å². The lowest BCUT2D eigenvalue weighted by Crippen LogP contribution is -2.15. The van der Waals surface area contributed by atoms with E-state index in [9.17, 15) is 9.59 Å². The van der Waals surface area contributed by atoms with Gasteiger partial charge in [0, 0.05) is 15.7 Å². The van der Waals surface area contributed by atoms with E-state index in [1.807, 2.05) is 12.1 Å². The molecule has 0 aliphatic heterocycles. The molecule has 6 heteroatoms. The van der Waals surface area contributed by atoms with Crippen LogP contribution in [0.3, 0.4) is 0 Å². The number of carbonyl (C=O) groups is 2. The van der Waals surface area contributed by atoms with Crippen LogP contribution >= 0.6 is 27.7 Å². The summed E-state index contributed by atoms with van der Waals surface area (Å²) in [6, 6.07) is 14.3. The molecule has 0 aliphatic carbocycles. The molecule has 0 spiro atoms. The number of nitrogens with one attached hydrogen (secondary N) is 1. The highest BCUT2D eigenvalue weighted by Crippen LogP contribution is 2.16. The molecule has 0 saturated carbocycles. The van der Waals surface area contributed by atoms with Crippen LogP contribution in [-0.4, -0.2) is 30.3 Å². The van der Waals surface area contributed by atoms with Crippen LogP contribution in [0.25, 0.3) is 0 Å². The Balaban J connectivity index is 1.75. The molecule has 1 N–H and O–H groups in total. The smallest absolute Gasteiger partial charge is 0.234 e. The van der Waals surface area contributed by atoms with Crippen molar-refractivity contribution in [1.82, 2.24) is 0 Å². The first kappa shape index (κ1) is 17.6. The molecule has 120 valence electrons. The quantitative estimate of drug-likeness (QED) is 0.721. The largest absolute Gasteiger partial charge is 0.497 e. The lowest BCUT2D eigenvalue weighted by atomic mass is 10.2. The molecule has 0 aliphatic rings. The molecule has 0 aromatic heterocycles. The molecule has 0 radical (unpaired) electrons. The number of amides is 1. The Kier molecular flexibility index (Phi) is 6.67. The molecule has 0 bridgehead atoms. The summed E-state index contributed by atoms with van der Waals surface area (Å²) in [5.74, 6) is 1.12. The van der Waals surface area contributed by atoms with Gasteiger partial charge in [0.05, 0.1) is 18.6 Å². The number of anilines is 1. The third-order valence-corrected chi connectivity index (χ3v) is 4.47. The van der Waals surface area contributed by atoms with Gasteiger partial charge in [0.2, 0.25) is 5.91 Å². The summed E-state index contributed by atoms with van der Waals surface area (Å²) in [5, 5.41) is 2.78. The van der Waals surface area contributed by atoms with Crippen LogP contribution in [0.4, 0.5) is 5.69 Å². The van der Waals surface area contributed by atoms with E-state index in [1.54, 1.807) is 43.5 Å². The van der Waals surface area contributed by atoms with Crippen molar-refractivity contribution in [3.63, 3.8) is 0 Å². The van der Waals surface area contributed by atoms with Gasteiger partial charge in [-0.3, -0.25) is 9.59 Å². The van der Waals surface area contributed by atoms with Crippen LogP contribution in [0.2, 0.25) is 0 Å². The summed E-state index contributed by atoms with van der Waals surface area (Å²) in [6.07, 6.45) is 0. The minimum atomic E-state index is -0.135. The number of ether oxygens (including phenoxy) is 1. The minimum absolute atomic E-state index is 0.0137. The summed E-state index contributed by atoms with van der Waals surface area (Å²) in [7, 11) is 1.59. The average molecular weight is 394 g/mol. The summed E-state index contributed by atoms with van der Waals surface area (Å²) < 4.78 is 5.99. The fourth-order valence-corrected chi connectivity index (χ4v) is 2.80. The zero-order chi connectivity index (χ0) is 16.7. The number of hydrogen-bond acceptors (Lipinski definition) is 4. The Bertz CT molecular complexity index is 671. The van der Waals surface area contributed by atoms with Gasteiger partial charge in [-0.2, -0.15) is 0 Å². The van der Waals surface area contributed by atoms with Crippen LogP contribution < -0.4 is 10.1 Å². The van der Waals surface area contributed by atoms with E-state index < -0.39 is 0 Å². The van der Waals surface area contributed by atoms with Crippen molar-refractivity contribution in [3.05, 3.63) is 58.6 Å². The van der Waals surface area contributed by atoms with Crippen molar-refractivity contribution in [2.24, 2.45) is 0 Å². The van der Waals surface area contributed by atoms with E-state index >= 15 is 0 Å². The van der Waals surface area contributed by atoms with Gasteiger partial charge in [-0.15, -0.1) is 11.8 Å². The summed E-state index contributed by atoms with van der Waals surface area (Å²) >= 11 is 4.63. The molecular formula is C17H16BrNO3S. The van der Waals surface area contributed by atoms with Gasteiger partial charge in [-0.25, -0.2) is 0 Å². The number of ketones is 1. The summed E-state index contributed by atoms with van der Waals surface area (Å²) in [5.41, 5.74) is 1.35. The Morgan fingerprint density at radius 3 is 2.30 bits per heavy atom. The van der Waals surface area contributed by atoms with Gasteiger partial charge in [0.15, 0.2) is 5.78 Å². The molecule has 0 heterocycles. The van der Waals surface area contributed by atoms with Crippen molar-refractivity contribution < 1.29 is 14.3 Å². The Morgan fingerprint density at radius 1 is 1.04 bits per heavy atom. The highest BCUT2D eigenvalue weighted by atomic mass is 79.9. The predicted octanol–water partition coefficient (Wildman–Crippen LogP) is 4.01. The van der Waals surface area contributed by atoms with Crippen molar-refractivity contribution in [2.45, 2.75) is 0 Å². The molecule has 0 unspecified atom stereocenters. The van der Waals surface area contributed by atoms with Crippen molar-refractivity contribution in [3.8, 4) is 5.75 Å². The van der Waals surface area contributed by atoms with Gasteiger partial charge in [0.25, 0.3) is 0 Å². The molecule has 2 aromatic rings. The molecule has 23 heavy (non-hydrogen) atoms. The van der Waals surface area contributed by atoms with Gasteiger partial charge in [-0.1, -0.05) is 28.1 Å². The molecule has 2 rings (SSSR count). The number of rotatable bonds is 7. The van der Waals surface area contributed by atoms with Crippen LogP contribution in [-0.2, 0) is 4.79 Å². The summed E-state index contributed by atoms with van der Waals surface area (Å²) in [4.78, 5) is 23.8. The maximum atomic E-state index is 12.0. The van der Waals surface area contributed by atoms with Crippen molar-refractivity contribution >= 4 is 45.1 Å². The van der Waals surface area contributed by atoms with Gasteiger partial charge >= 0.3 is 0 Å². The number of methoxy groups -OCH3 is 1. The van der Waals surface area contributed by atoms with Crippen molar-refractivity contribution in [2.75, 3.05) is 23.9 Å². The first-order valence-corrected chi connectivity index (χ1v) is 8.83. The molecule has 0 fully saturated rings. The van der Waals surface area contributed by atoms with E-state index in [-0.39, 0.29) is 23.2 Å². The number of benzene rings is 2. The molecule has 0 saturated heterocycles. The monoisotopic (exact) mass is 393 g/mol. The molecule has 4 nitrogen and oxygen atoms in total. The Labute approximate surface area is 147 Å². The average Bonchev–Trinajstić information content (AvgIpc) is 2.56. The number of thioether (sulfide) groups is 1. The number of halogens is 1. The van der Waals surface area contributed by atoms with E-state index in [0.717, 1.165) is 10.2 Å². The van der Waals surface area contributed by atoms with Gasteiger partial charge in [-0.05, 0) is 36.4 Å². The minimum Gasteiger partial charge on any atom is -0.497 e. The maximum Gasteiger partial charge on any atom is 0.234 e. The second-order valence-electron chi connectivity index (χ2n) is 4.70. The van der Waals surface area contributed by atoms with Crippen LogP contribution in [0.1, 0.15) is 10.4 Å². The maximum absolute atomic E-state index is 12.0. The first-order valence-electron chi connectivity index (χ1n) is 6.89. The standard InChI is InChI=1S/C17H16BrNO3S/c1-22-15-8-6-14(7-9-15)19-17(21)11-23-10-16(20)12-2-4-13(18)5-3-12/h2-9H,10-11H2,1H3,(H,19,21). The van der Waals surface area contributed by atoms with E-state index in [2.05, 4.69) is 21.2 Å². The topological polar surface area (TPSA) is 55.4 Å². The van der Waals surface area contributed by atoms with Crippen LogP contribution in [0.15, 0.2) is 53.0 Å². The van der Waals surface area contributed by atoms with Crippen LogP contribution in [0, 0.1) is 0 Å². The molecule has 0 atom stereocenters. The molecule has 1 amide bonds. The Morgan fingerprint density at radius 2 is 1.70 bits per heavy atom. The van der Waals surface area contributed by atoms with Crippen molar-refractivity contribution in [1.29, 1.82) is 0 Å². The van der Waals surface area contributed by atoms with E-state index in [0.29, 0.717) is 11.3 Å². The number of Topliss-reactive ketones (excluding diaryl/α,β-unsaturated/α-hetero) is 1.